The van der Waals surface area contributed by atoms with E-state index >= 15 is 0 Å². The number of hydrogen-bond donors (Lipinski definition) is 1. The molecular formula is C27H28N2O7. The van der Waals surface area contributed by atoms with E-state index < -0.39 is 17.8 Å². The van der Waals surface area contributed by atoms with Crippen LogP contribution in [-0.4, -0.2) is 49.7 Å². The maximum Gasteiger partial charge on any atom is 0.331 e. The van der Waals surface area contributed by atoms with Gasteiger partial charge >= 0.3 is 6.03 Å². The number of nitrogens with one attached hydrogen (secondary N) is 1. The average Bonchev–Trinajstić information content (AvgIpc) is 2.87. The molecular weight excluding hydrogens is 464 g/mol. The molecule has 1 aliphatic heterocycles. The molecule has 0 saturated carbocycles. The molecule has 1 saturated heterocycles. The Hall–Kier alpha value is -4.45. The highest BCUT2D eigenvalue weighted by Crippen LogP contribution is 2.31. The van der Waals surface area contributed by atoms with Gasteiger partial charge in [-0.25, -0.2) is 4.79 Å². The zero-order valence-electron chi connectivity index (χ0n) is 20.5. The van der Waals surface area contributed by atoms with E-state index in [1.165, 1.54) is 13.2 Å². The summed E-state index contributed by atoms with van der Waals surface area (Å²) in [4.78, 5) is 39.2. The lowest BCUT2D eigenvalue weighted by Gasteiger charge is -2.26. The number of terminal acetylenes is 1. The Kier molecular flexibility index (Phi) is 8.95. The Bertz CT molecular complexity index is 1210. The van der Waals surface area contributed by atoms with Crippen LogP contribution in [0, 0.1) is 12.3 Å². The lowest BCUT2D eigenvalue weighted by atomic mass is 10.1. The molecule has 2 aromatic carbocycles. The third kappa shape index (κ3) is 6.16. The lowest BCUT2D eigenvalue weighted by Crippen LogP contribution is -2.53. The standard InChI is InChI=1S/C27H28N2O7/c1-5-12-35-21-10-8-18(15-23(21)33-4)14-20-25(30)28-27(32)29(26(20)31)17-19-9-11-22(36-13-6-2)24(16-19)34-7-3/h1,8-11,14-16H,6-7,12-13,17H2,2-4H3,(H,28,30,32)/b20-14+. The van der Waals surface area contributed by atoms with Gasteiger partial charge in [0.1, 0.15) is 12.2 Å². The van der Waals surface area contributed by atoms with Crippen LogP contribution in [0.1, 0.15) is 31.4 Å². The number of carbonyl (C=O) groups excluding carboxylic acids is 3. The predicted octanol–water partition coefficient (Wildman–Crippen LogP) is 3.56. The van der Waals surface area contributed by atoms with Crippen molar-refractivity contribution in [3.63, 3.8) is 0 Å². The minimum absolute atomic E-state index is 0.0610. The van der Waals surface area contributed by atoms with E-state index in [9.17, 15) is 14.4 Å². The van der Waals surface area contributed by atoms with Crippen molar-refractivity contribution >= 4 is 23.9 Å². The molecule has 36 heavy (non-hydrogen) atoms. The number of barbiturate groups is 1. The monoisotopic (exact) mass is 492 g/mol. The van der Waals surface area contributed by atoms with Gasteiger partial charge in [-0.15, -0.1) is 6.42 Å². The van der Waals surface area contributed by atoms with E-state index in [2.05, 4.69) is 11.2 Å². The second-order valence-electron chi connectivity index (χ2n) is 7.67. The molecule has 9 heteroatoms. The van der Waals surface area contributed by atoms with E-state index in [0.717, 1.165) is 11.3 Å². The van der Waals surface area contributed by atoms with Crippen molar-refractivity contribution in [2.24, 2.45) is 0 Å². The Labute approximate surface area is 210 Å². The number of carbonyl (C=O) groups is 3. The van der Waals surface area contributed by atoms with Crippen molar-refractivity contribution in [1.82, 2.24) is 10.2 Å². The number of amides is 4. The molecule has 0 spiro atoms. The lowest BCUT2D eigenvalue weighted by molar-refractivity contribution is -0.130. The fourth-order valence-electron chi connectivity index (χ4n) is 3.45. The smallest absolute Gasteiger partial charge is 0.331 e. The first-order valence-corrected chi connectivity index (χ1v) is 11.4. The van der Waals surface area contributed by atoms with E-state index in [4.69, 9.17) is 25.4 Å². The van der Waals surface area contributed by atoms with Gasteiger partial charge in [-0.3, -0.25) is 19.8 Å². The van der Waals surface area contributed by atoms with Crippen LogP contribution >= 0.6 is 0 Å². The first kappa shape index (κ1) is 26.2. The van der Waals surface area contributed by atoms with E-state index in [0.29, 0.717) is 47.3 Å². The molecule has 0 unspecified atom stereocenters. The predicted molar refractivity (Wildman–Crippen MR) is 133 cm³/mol. The van der Waals surface area contributed by atoms with Crippen LogP contribution in [0.2, 0.25) is 0 Å². The fraction of sp³-hybridized carbons (Fsp3) is 0.296. The number of urea groups is 1. The molecule has 3 rings (SSSR count). The summed E-state index contributed by atoms with van der Waals surface area (Å²) >= 11 is 0. The minimum Gasteiger partial charge on any atom is -0.493 e. The van der Waals surface area contributed by atoms with Gasteiger partial charge in [0.15, 0.2) is 23.0 Å². The van der Waals surface area contributed by atoms with Crippen LogP contribution < -0.4 is 24.3 Å². The molecule has 0 radical (unpaired) electrons. The van der Waals surface area contributed by atoms with Gasteiger partial charge in [0.2, 0.25) is 0 Å². The van der Waals surface area contributed by atoms with Crippen LogP contribution in [0.3, 0.4) is 0 Å². The molecule has 0 aliphatic carbocycles. The Morgan fingerprint density at radius 3 is 2.42 bits per heavy atom. The molecule has 0 atom stereocenters. The van der Waals surface area contributed by atoms with Crippen molar-refractivity contribution in [2.45, 2.75) is 26.8 Å². The van der Waals surface area contributed by atoms with Crippen LogP contribution in [0.4, 0.5) is 4.79 Å². The first-order valence-electron chi connectivity index (χ1n) is 11.4. The van der Waals surface area contributed by atoms with Crippen molar-refractivity contribution in [2.75, 3.05) is 26.9 Å². The Morgan fingerprint density at radius 2 is 1.72 bits per heavy atom. The largest absolute Gasteiger partial charge is 0.493 e. The summed E-state index contributed by atoms with van der Waals surface area (Å²) in [5, 5.41) is 2.22. The van der Waals surface area contributed by atoms with Crippen molar-refractivity contribution in [3.05, 3.63) is 53.1 Å². The molecule has 0 bridgehead atoms. The van der Waals surface area contributed by atoms with E-state index in [-0.39, 0.29) is 18.7 Å². The normalized spacial score (nSPS) is 14.3. The highest BCUT2D eigenvalue weighted by molar-refractivity contribution is 6.30. The molecule has 9 nitrogen and oxygen atoms in total. The maximum atomic E-state index is 13.2. The van der Waals surface area contributed by atoms with Gasteiger partial charge < -0.3 is 18.9 Å². The van der Waals surface area contributed by atoms with Crippen molar-refractivity contribution < 1.29 is 33.3 Å². The van der Waals surface area contributed by atoms with Gasteiger partial charge in [0.25, 0.3) is 11.8 Å². The average molecular weight is 493 g/mol. The molecule has 2 aromatic rings. The van der Waals surface area contributed by atoms with Crippen LogP contribution in [-0.2, 0) is 16.1 Å². The second kappa shape index (κ2) is 12.3. The van der Waals surface area contributed by atoms with Gasteiger partial charge in [-0.1, -0.05) is 25.0 Å². The topological polar surface area (TPSA) is 103 Å². The summed E-state index contributed by atoms with van der Waals surface area (Å²) in [6.07, 6.45) is 7.45. The summed E-state index contributed by atoms with van der Waals surface area (Å²) < 4.78 is 22.1. The Balaban J connectivity index is 1.86. The van der Waals surface area contributed by atoms with Gasteiger partial charge in [-0.05, 0) is 54.8 Å². The van der Waals surface area contributed by atoms with Crippen molar-refractivity contribution in [1.29, 1.82) is 0 Å². The highest BCUT2D eigenvalue weighted by Gasteiger charge is 2.35. The molecule has 1 N–H and O–H groups in total. The maximum absolute atomic E-state index is 13.2. The number of nitrogens with zero attached hydrogens (tertiary/aromatic N) is 1. The molecule has 188 valence electrons. The van der Waals surface area contributed by atoms with Gasteiger partial charge in [-0.2, -0.15) is 0 Å². The molecule has 1 aliphatic rings. The number of ether oxygens (including phenoxy) is 4. The molecule has 4 amide bonds. The van der Waals surface area contributed by atoms with Gasteiger partial charge in [0, 0.05) is 0 Å². The van der Waals surface area contributed by atoms with Gasteiger partial charge in [0.05, 0.1) is 26.9 Å². The number of methoxy groups -OCH3 is 1. The number of imide groups is 2. The molecule has 1 fully saturated rings. The third-order valence-corrected chi connectivity index (χ3v) is 5.11. The number of hydrogen-bond acceptors (Lipinski definition) is 7. The SMILES string of the molecule is C#CCOc1ccc(/C=C2\C(=O)NC(=O)N(Cc3ccc(OCCC)c(OCC)c3)C2=O)cc1OC. The van der Waals surface area contributed by atoms with Crippen LogP contribution in [0.5, 0.6) is 23.0 Å². The number of benzene rings is 2. The minimum atomic E-state index is -0.804. The van der Waals surface area contributed by atoms with Crippen LogP contribution in [0.25, 0.3) is 6.08 Å². The third-order valence-electron chi connectivity index (χ3n) is 5.11. The zero-order chi connectivity index (χ0) is 26.1. The molecule has 0 aromatic heterocycles. The van der Waals surface area contributed by atoms with Crippen LogP contribution in [0.15, 0.2) is 42.0 Å². The van der Waals surface area contributed by atoms with Crippen molar-refractivity contribution in [3.8, 4) is 35.3 Å². The number of rotatable bonds is 11. The summed E-state index contributed by atoms with van der Waals surface area (Å²) in [5.74, 6) is 2.76. The fourth-order valence-corrected chi connectivity index (χ4v) is 3.45. The summed E-state index contributed by atoms with van der Waals surface area (Å²) in [5.41, 5.74) is 0.946. The first-order chi connectivity index (χ1) is 17.4. The second-order valence-corrected chi connectivity index (χ2v) is 7.67. The molecule has 1 heterocycles. The zero-order valence-corrected chi connectivity index (χ0v) is 20.5. The highest BCUT2D eigenvalue weighted by atomic mass is 16.5. The quantitative estimate of drug-likeness (QED) is 0.291. The summed E-state index contributed by atoms with van der Waals surface area (Å²) in [6, 6.07) is 9.26. The summed E-state index contributed by atoms with van der Waals surface area (Å²) in [6.45, 7) is 4.80. The van der Waals surface area contributed by atoms with E-state index in [1.54, 1.807) is 36.4 Å². The van der Waals surface area contributed by atoms with E-state index in [1.807, 2.05) is 13.8 Å². The Morgan fingerprint density at radius 1 is 0.972 bits per heavy atom. The summed E-state index contributed by atoms with van der Waals surface area (Å²) in [7, 11) is 1.46.